The molecule has 0 saturated carbocycles. The monoisotopic (exact) mass is 434 g/mol. The molecule has 4 nitrogen and oxygen atoms in total. The van der Waals surface area contributed by atoms with Crippen LogP contribution >= 0.6 is 35.3 Å². The van der Waals surface area contributed by atoms with Crippen LogP contribution in [-0.2, 0) is 6.54 Å². The average molecular weight is 434 g/mol. The summed E-state index contributed by atoms with van der Waals surface area (Å²) in [7, 11) is 2.07. The number of thiazole rings is 1. The molecule has 0 aliphatic heterocycles. The van der Waals surface area contributed by atoms with E-state index in [9.17, 15) is 0 Å². The predicted octanol–water partition coefficient (Wildman–Crippen LogP) is 3.97. The van der Waals surface area contributed by atoms with Crippen molar-refractivity contribution in [2.24, 2.45) is 4.99 Å². The Balaban J connectivity index is 0.00000242. The minimum atomic E-state index is 0. The molecule has 0 saturated heterocycles. The van der Waals surface area contributed by atoms with Crippen molar-refractivity contribution >= 4 is 41.3 Å². The Labute approximate surface area is 155 Å². The summed E-state index contributed by atoms with van der Waals surface area (Å²) in [5.74, 6) is 0.974. The van der Waals surface area contributed by atoms with Gasteiger partial charge >= 0.3 is 0 Å². The second-order valence-electron chi connectivity index (χ2n) is 5.45. The number of hydrogen-bond donors (Lipinski definition) is 1. The van der Waals surface area contributed by atoms with Crippen LogP contribution in [-0.4, -0.2) is 36.0 Å². The van der Waals surface area contributed by atoms with Crippen LogP contribution in [0.5, 0.6) is 0 Å². The van der Waals surface area contributed by atoms with E-state index < -0.39 is 0 Å². The molecule has 2 rings (SSSR count). The van der Waals surface area contributed by atoms with E-state index in [1.165, 1.54) is 19.3 Å². The Hall–Kier alpha value is -0.630. The van der Waals surface area contributed by atoms with E-state index in [4.69, 9.17) is 4.99 Å². The Morgan fingerprint density at radius 1 is 1.50 bits per heavy atom. The molecule has 0 radical (unpaired) electrons. The number of nitrogens with zero attached hydrogens (tertiary/aromatic N) is 3. The first-order valence-corrected chi connectivity index (χ1v) is 8.65. The smallest absolute Gasteiger partial charge is 0.194 e. The van der Waals surface area contributed by atoms with Crippen LogP contribution in [0.4, 0.5) is 0 Å². The number of nitrogens with one attached hydrogen (secondary N) is 1. The van der Waals surface area contributed by atoms with Crippen molar-refractivity contribution in [3.63, 3.8) is 0 Å². The third-order valence-corrected chi connectivity index (χ3v) is 4.41. The highest BCUT2D eigenvalue weighted by molar-refractivity contribution is 14.0. The van der Waals surface area contributed by atoms with Gasteiger partial charge in [0.2, 0.25) is 0 Å². The molecule has 0 fully saturated rings. The molecule has 1 aliphatic carbocycles. The molecule has 0 amide bonds. The Kier molecular flexibility index (Phi) is 9.00. The van der Waals surface area contributed by atoms with Gasteiger partial charge in [0, 0.05) is 25.5 Å². The number of halogens is 1. The lowest BCUT2D eigenvalue weighted by molar-refractivity contribution is 0.471. The normalized spacial score (nSPS) is 14.5. The van der Waals surface area contributed by atoms with Crippen molar-refractivity contribution in [1.29, 1.82) is 0 Å². The molecule has 0 spiro atoms. The lowest BCUT2D eigenvalue weighted by atomic mass is 10.2. The van der Waals surface area contributed by atoms with Crippen LogP contribution in [0.25, 0.3) is 0 Å². The lowest BCUT2D eigenvalue weighted by Crippen LogP contribution is -2.38. The molecule has 1 aromatic rings. The third-order valence-electron chi connectivity index (χ3n) is 3.59. The fourth-order valence-corrected chi connectivity index (χ4v) is 3.14. The van der Waals surface area contributed by atoms with Crippen molar-refractivity contribution in [1.82, 2.24) is 15.2 Å². The van der Waals surface area contributed by atoms with Crippen LogP contribution in [0, 0.1) is 6.92 Å². The van der Waals surface area contributed by atoms with Gasteiger partial charge in [-0.3, -0.25) is 4.99 Å². The summed E-state index contributed by atoms with van der Waals surface area (Å²) in [6.07, 6.45) is 7.31. The van der Waals surface area contributed by atoms with Gasteiger partial charge in [0.25, 0.3) is 0 Å². The van der Waals surface area contributed by atoms with Gasteiger partial charge in [-0.05, 0) is 39.5 Å². The van der Waals surface area contributed by atoms with E-state index in [1.54, 1.807) is 16.9 Å². The third kappa shape index (κ3) is 6.24. The average Bonchev–Trinajstić information content (AvgIpc) is 3.10. The Morgan fingerprint density at radius 3 is 2.91 bits per heavy atom. The van der Waals surface area contributed by atoms with Crippen molar-refractivity contribution < 1.29 is 0 Å². The molecule has 1 aliphatic rings. The second kappa shape index (κ2) is 10.2. The summed E-state index contributed by atoms with van der Waals surface area (Å²) in [6.45, 7) is 6.72. The van der Waals surface area contributed by atoms with Crippen molar-refractivity contribution in [2.45, 2.75) is 46.1 Å². The molecule has 0 aromatic carbocycles. The van der Waals surface area contributed by atoms with Gasteiger partial charge < -0.3 is 10.2 Å². The Morgan fingerprint density at radius 2 is 2.32 bits per heavy atom. The summed E-state index contributed by atoms with van der Waals surface area (Å²) in [4.78, 5) is 11.4. The summed E-state index contributed by atoms with van der Waals surface area (Å²) in [5.41, 5.74) is 2.69. The van der Waals surface area contributed by atoms with Gasteiger partial charge in [0.15, 0.2) is 5.96 Å². The maximum atomic E-state index is 4.75. The van der Waals surface area contributed by atoms with Gasteiger partial charge in [0.1, 0.15) is 0 Å². The highest BCUT2D eigenvalue weighted by Crippen LogP contribution is 2.20. The summed E-state index contributed by atoms with van der Waals surface area (Å²) >= 11 is 1.70. The van der Waals surface area contributed by atoms with Crippen molar-refractivity contribution in [3.8, 4) is 0 Å². The Bertz CT molecular complexity index is 510. The SMILES string of the molecule is CCNC(=NCCC1=CCCC1)N(C)Cc1csc(C)n1.I. The molecular formula is C16H27IN4S. The van der Waals surface area contributed by atoms with E-state index in [2.05, 4.69) is 40.6 Å². The maximum absolute atomic E-state index is 4.75. The topological polar surface area (TPSA) is 40.5 Å². The number of aliphatic imine (C=N–C) groups is 1. The molecule has 6 heteroatoms. The molecule has 0 bridgehead atoms. The minimum absolute atomic E-state index is 0. The standard InChI is InChI=1S/C16H26N4S.HI/c1-4-17-16(18-10-9-14-7-5-6-8-14)20(3)11-15-12-21-13(2)19-15;/h7,12H,4-6,8-11H2,1-3H3,(H,17,18);1H. The van der Waals surface area contributed by atoms with Crippen LogP contribution in [0.15, 0.2) is 22.0 Å². The fraction of sp³-hybridized carbons (Fsp3) is 0.625. The predicted molar refractivity (Wildman–Crippen MR) is 106 cm³/mol. The molecule has 22 heavy (non-hydrogen) atoms. The highest BCUT2D eigenvalue weighted by atomic mass is 127. The van der Waals surface area contributed by atoms with Gasteiger partial charge in [0.05, 0.1) is 17.2 Å². The van der Waals surface area contributed by atoms with Crippen LogP contribution in [0.3, 0.4) is 0 Å². The number of guanidine groups is 1. The largest absolute Gasteiger partial charge is 0.357 e. The van der Waals surface area contributed by atoms with E-state index in [0.717, 1.165) is 42.7 Å². The summed E-state index contributed by atoms with van der Waals surface area (Å²) < 4.78 is 0. The van der Waals surface area contributed by atoms with Gasteiger partial charge in [-0.25, -0.2) is 4.98 Å². The van der Waals surface area contributed by atoms with Crippen LogP contribution in [0.2, 0.25) is 0 Å². The second-order valence-corrected chi connectivity index (χ2v) is 6.52. The number of rotatable bonds is 6. The van der Waals surface area contributed by atoms with Crippen LogP contribution in [0.1, 0.15) is 43.3 Å². The van der Waals surface area contributed by atoms with E-state index in [-0.39, 0.29) is 24.0 Å². The number of aryl methyl sites for hydroxylation is 1. The first-order chi connectivity index (χ1) is 10.2. The number of aromatic nitrogens is 1. The zero-order valence-electron chi connectivity index (χ0n) is 13.8. The molecule has 1 N–H and O–H groups in total. The quantitative estimate of drug-likeness (QED) is 0.319. The van der Waals surface area contributed by atoms with Crippen molar-refractivity contribution in [2.75, 3.05) is 20.1 Å². The minimum Gasteiger partial charge on any atom is -0.357 e. The molecular weight excluding hydrogens is 407 g/mol. The van der Waals surface area contributed by atoms with E-state index >= 15 is 0 Å². The van der Waals surface area contributed by atoms with Gasteiger partial charge in [-0.2, -0.15) is 0 Å². The van der Waals surface area contributed by atoms with E-state index in [0.29, 0.717) is 0 Å². The first-order valence-electron chi connectivity index (χ1n) is 7.77. The molecule has 1 aromatic heterocycles. The first kappa shape index (κ1) is 19.4. The maximum Gasteiger partial charge on any atom is 0.194 e. The van der Waals surface area contributed by atoms with Gasteiger partial charge in [-0.15, -0.1) is 35.3 Å². The molecule has 1 heterocycles. The van der Waals surface area contributed by atoms with Gasteiger partial charge in [-0.1, -0.05) is 11.6 Å². The highest BCUT2D eigenvalue weighted by Gasteiger charge is 2.09. The van der Waals surface area contributed by atoms with E-state index in [1.807, 2.05) is 6.92 Å². The summed E-state index contributed by atoms with van der Waals surface area (Å²) in [5, 5.41) is 6.61. The lowest BCUT2D eigenvalue weighted by Gasteiger charge is -2.21. The summed E-state index contributed by atoms with van der Waals surface area (Å²) in [6, 6.07) is 0. The molecule has 0 unspecified atom stereocenters. The zero-order valence-corrected chi connectivity index (χ0v) is 16.9. The fourth-order valence-electron chi connectivity index (χ4n) is 2.54. The molecule has 124 valence electrons. The molecule has 0 atom stereocenters. The van der Waals surface area contributed by atoms with Crippen molar-refractivity contribution in [3.05, 3.63) is 27.7 Å². The zero-order chi connectivity index (χ0) is 15.1. The number of allylic oxidation sites excluding steroid dienone is 1. The van der Waals surface area contributed by atoms with Crippen LogP contribution < -0.4 is 5.32 Å². The number of hydrogen-bond acceptors (Lipinski definition) is 3.